The van der Waals surface area contributed by atoms with Crippen molar-refractivity contribution in [2.24, 2.45) is 5.73 Å². The third-order valence-corrected chi connectivity index (χ3v) is 3.00. The fourth-order valence-corrected chi connectivity index (χ4v) is 2.05. The van der Waals surface area contributed by atoms with Crippen LogP contribution in [0, 0.1) is 10.1 Å². The highest BCUT2D eigenvalue weighted by Crippen LogP contribution is 2.25. The second kappa shape index (κ2) is 7.42. The van der Waals surface area contributed by atoms with Gasteiger partial charge in [0, 0.05) is 18.7 Å². The molecule has 1 aromatic rings. The lowest BCUT2D eigenvalue weighted by Crippen LogP contribution is -2.44. The molecule has 1 atom stereocenters. The number of carbonyl (C=O) groups excluding carboxylic acids is 1. The van der Waals surface area contributed by atoms with Gasteiger partial charge in [-0.1, -0.05) is 17.7 Å². The number of halogens is 1. The Bertz CT molecular complexity index is 558. The van der Waals surface area contributed by atoms with Crippen LogP contribution in [0.4, 0.5) is 10.5 Å². The first-order valence-electron chi connectivity index (χ1n) is 6.75. The monoisotopic (exact) mass is 329 g/mol. The zero-order valence-corrected chi connectivity index (χ0v) is 13.5. The number of hydrogen-bond acceptors (Lipinski definition) is 5. The maximum atomic E-state index is 11.7. The number of nitrogens with zero attached hydrogens (tertiary/aromatic N) is 1. The molecule has 8 heteroatoms. The van der Waals surface area contributed by atoms with Gasteiger partial charge in [-0.25, -0.2) is 4.79 Å². The smallest absolute Gasteiger partial charge is 0.407 e. The van der Waals surface area contributed by atoms with Gasteiger partial charge in [-0.15, -0.1) is 0 Å². The first kappa shape index (κ1) is 18.2. The Morgan fingerprint density at radius 1 is 1.50 bits per heavy atom. The summed E-state index contributed by atoms with van der Waals surface area (Å²) in [5.41, 5.74) is 5.62. The second-order valence-corrected chi connectivity index (χ2v) is 6.23. The lowest BCUT2D eigenvalue weighted by molar-refractivity contribution is -0.384. The molecule has 0 fully saturated rings. The van der Waals surface area contributed by atoms with E-state index >= 15 is 0 Å². The second-order valence-electron chi connectivity index (χ2n) is 5.83. The highest BCUT2D eigenvalue weighted by molar-refractivity contribution is 6.32. The number of rotatable bonds is 5. The first-order chi connectivity index (χ1) is 10.1. The molecule has 0 aliphatic rings. The fourth-order valence-electron chi connectivity index (χ4n) is 1.78. The van der Waals surface area contributed by atoms with Crippen LogP contribution < -0.4 is 11.1 Å². The van der Waals surface area contributed by atoms with Crippen molar-refractivity contribution in [2.45, 2.75) is 38.8 Å². The van der Waals surface area contributed by atoms with Crippen molar-refractivity contribution in [3.63, 3.8) is 0 Å². The van der Waals surface area contributed by atoms with Crippen LogP contribution in [-0.2, 0) is 11.2 Å². The van der Waals surface area contributed by atoms with E-state index in [1.54, 1.807) is 26.8 Å². The Morgan fingerprint density at radius 2 is 2.14 bits per heavy atom. The minimum absolute atomic E-state index is 0.0514. The minimum Gasteiger partial charge on any atom is -0.444 e. The van der Waals surface area contributed by atoms with Gasteiger partial charge in [0.1, 0.15) is 10.6 Å². The number of alkyl carbamates (subject to hydrolysis) is 1. The Kier molecular flexibility index (Phi) is 6.13. The summed E-state index contributed by atoms with van der Waals surface area (Å²) in [6, 6.07) is 4.06. The number of amides is 1. The number of nitro groups is 1. The van der Waals surface area contributed by atoms with Crippen molar-refractivity contribution in [1.82, 2.24) is 5.32 Å². The summed E-state index contributed by atoms with van der Waals surface area (Å²) >= 11 is 5.86. The van der Waals surface area contributed by atoms with Crippen molar-refractivity contribution < 1.29 is 14.5 Å². The fraction of sp³-hybridized carbons (Fsp3) is 0.500. The molecule has 7 nitrogen and oxygen atoms in total. The third-order valence-electron chi connectivity index (χ3n) is 2.70. The van der Waals surface area contributed by atoms with E-state index in [0.717, 1.165) is 5.56 Å². The van der Waals surface area contributed by atoms with E-state index in [0.29, 0.717) is 6.42 Å². The molecule has 22 heavy (non-hydrogen) atoms. The molecule has 0 bridgehead atoms. The number of ether oxygens (including phenoxy) is 1. The first-order valence-corrected chi connectivity index (χ1v) is 7.12. The van der Waals surface area contributed by atoms with Crippen LogP contribution in [0.3, 0.4) is 0 Å². The van der Waals surface area contributed by atoms with E-state index in [1.807, 2.05) is 0 Å². The summed E-state index contributed by atoms with van der Waals surface area (Å²) in [4.78, 5) is 21.9. The number of nitrogens with one attached hydrogen (secondary N) is 1. The number of hydrogen-bond donors (Lipinski definition) is 2. The molecule has 0 aliphatic heterocycles. The van der Waals surface area contributed by atoms with Crippen molar-refractivity contribution >= 4 is 23.4 Å². The van der Waals surface area contributed by atoms with E-state index in [4.69, 9.17) is 22.1 Å². The van der Waals surface area contributed by atoms with Crippen LogP contribution in [0.15, 0.2) is 18.2 Å². The van der Waals surface area contributed by atoms with Gasteiger partial charge in [0.15, 0.2) is 0 Å². The molecule has 0 spiro atoms. The minimum atomic E-state index is -0.597. The Morgan fingerprint density at radius 3 is 2.59 bits per heavy atom. The summed E-state index contributed by atoms with van der Waals surface area (Å²) < 4.78 is 5.16. The van der Waals surface area contributed by atoms with Gasteiger partial charge in [0.25, 0.3) is 5.69 Å². The summed E-state index contributed by atoms with van der Waals surface area (Å²) in [5.74, 6) is 0. The van der Waals surface area contributed by atoms with Gasteiger partial charge < -0.3 is 15.8 Å². The molecule has 0 aromatic heterocycles. The number of carbonyl (C=O) groups is 1. The largest absolute Gasteiger partial charge is 0.444 e. The summed E-state index contributed by atoms with van der Waals surface area (Å²) in [6.45, 7) is 5.49. The normalized spacial score (nSPS) is 12.6. The van der Waals surface area contributed by atoms with E-state index < -0.39 is 16.6 Å². The van der Waals surface area contributed by atoms with Gasteiger partial charge in [-0.05, 0) is 38.8 Å². The molecule has 3 N–H and O–H groups in total. The van der Waals surface area contributed by atoms with Gasteiger partial charge in [-0.3, -0.25) is 10.1 Å². The molecule has 0 aliphatic carbocycles. The van der Waals surface area contributed by atoms with Crippen LogP contribution in [-0.4, -0.2) is 29.2 Å². The maximum absolute atomic E-state index is 11.7. The molecule has 1 unspecified atom stereocenters. The molecule has 0 saturated carbocycles. The average molecular weight is 330 g/mol. The van der Waals surface area contributed by atoms with Crippen molar-refractivity contribution in [3.05, 3.63) is 38.9 Å². The molecule has 0 saturated heterocycles. The third kappa shape index (κ3) is 5.87. The van der Waals surface area contributed by atoms with Gasteiger partial charge in [-0.2, -0.15) is 0 Å². The molecule has 1 rings (SSSR count). The van der Waals surface area contributed by atoms with Crippen LogP contribution in [0.2, 0.25) is 5.02 Å². The van der Waals surface area contributed by atoms with Crippen LogP contribution in [0.1, 0.15) is 26.3 Å². The Hall–Kier alpha value is -1.86. The quantitative estimate of drug-likeness (QED) is 0.637. The van der Waals surface area contributed by atoms with Crippen LogP contribution in [0.5, 0.6) is 0 Å². The lowest BCUT2D eigenvalue weighted by Gasteiger charge is -2.23. The highest BCUT2D eigenvalue weighted by Gasteiger charge is 2.20. The predicted molar refractivity (Wildman–Crippen MR) is 84.0 cm³/mol. The Labute approximate surface area is 133 Å². The molecule has 1 aromatic carbocycles. The molecule has 1 amide bonds. The zero-order chi connectivity index (χ0) is 16.9. The van der Waals surface area contributed by atoms with Crippen LogP contribution >= 0.6 is 11.6 Å². The summed E-state index contributed by atoms with van der Waals surface area (Å²) in [5, 5.41) is 13.4. The van der Waals surface area contributed by atoms with Crippen LogP contribution in [0.25, 0.3) is 0 Å². The topological polar surface area (TPSA) is 107 Å². The maximum Gasteiger partial charge on any atom is 0.407 e. The number of nitrogens with two attached hydrogens (primary N) is 1. The molecular formula is C14H20ClN3O4. The van der Waals surface area contributed by atoms with E-state index in [2.05, 4.69) is 5.32 Å². The van der Waals surface area contributed by atoms with Crippen molar-refractivity contribution in [3.8, 4) is 0 Å². The van der Waals surface area contributed by atoms with E-state index in [-0.39, 0.29) is 23.3 Å². The lowest BCUT2D eigenvalue weighted by atomic mass is 10.1. The molecule has 0 heterocycles. The van der Waals surface area contributed by atoms with E-state index in [9.17, 15) is 14.9 Å². The van der Waals surface area contributed by atoms with Gasteiger partial charge in [0.05, 0.1) is 4.92 Å². The zero-order valence-electron chi connectivity index (χ0n) is 12.8. The number of nitro benzene ring substituents is 1. The van der Waals surface area contributed by atoms with Crippen molar-refractivity contribution in [1.29, 1.82) is 0 Å². The molecule has 122 valence electrons. The summed E-state index contributed by atoms with van der Waals surface area (Å²) in [7, 11) is 0. The average Bonchev–Trinajstić information content (AvgIpc) is 2.35. The standard InChI is InChI=1S/C14H20ClN3O4/c1-14(2,3)22-13(19)17-10(8-16)6-9-4-5-12(18(20)21)11(15)7-9/h4-5,7,10H,6,8,16H2,1-3H3,(H,17,19). The van der Waals surface area contributed by atoms with E-state index in [1.165, 1.54) is 12.1 Å². The van der Waals surface area contributed by atoms with Gasteiger partial charge in [0.2, 0.25) is 0 Å². The highest BCUT2D eigenvalue weighted by atomic mass is 35.5. The Balaban J connectivity index is 2.72. The van der Waals surface area contributed by atoms with Gasteiger partial charge >= 0.3 is 6.09 Å². The number of benzene rings is 1. The SMILES string of the molecule is CC(C)(C)OC(=O)NC(CN)Cc1ccc([N+](=O)[O-])c(Cl)c1. The molecular weight excluding hydrogens is 310 g/mol. The summed E-state index contributed by atoms with van der Waals surface area (Å²) in [6.07, 6.45) is -0.163. The predicted octanol–water partition coefficient (Wildman–Crippen LogP) is 2.64. The van der Waals surface area contributed by atoms with Crippen molar-refractivity contribution in [2.75, 3.05) is 6.54 Å². The molecule has 0 radical (unpaired) electrons.